The molecule has 9 nitrogen and oxygen atoms in total. The van der Waals surface area contributed by atoms with Gasteiger partial charge in [-0.15, -0.1) is 11.3 Å². The molecule has 10 heteroatoms. The first-order valence-electron chi connectivity index (χ1n) is 6.82. The molecule has 126 valence electrons. The SMILES string of the molecule is CCOC(=O)C(=O)Nc1sc(C(=O)OCC)c(CC)c1[N+](=O)[O-]. The first-order valence-corrected chi connectivity index (χ1v) is 7.64. The Hall–Kier alpha value is -2.49. The van der Waals surface area contributed by atoms with E-state index >= 15 is 0 Å². The standard InChI is InChI=1S/C13H16N2O7S/c1-4-7-8(15(19)20)11(14-10(16)13(18)22-6-3)23-9(7)12(17)21-5-2/h4-6H2,1-3H3,(H,14,16). The van der Waals surface area contributed by atoms with Crippen LogP contribution in [0.15, 0.2) is 0 Å². The number of thiophene rings is 1. The Labute approximate surface area is 135 Å². The average molecular weight is 344 g/mol. The zero-order valence-electron chi connectivity index (χ0n) is 12.8. The van der Waals surface area contributed by atoms with E-state index in [1.54, 1.807) is 13.8 Å². The molecule has 0 unspecified atom stereocenters. The highest BCUT2D eigenvalue weighted by molar-refractivity contribution is 7.19. The number of carbonyl (C=O) groups is 3. The van der Waals surface area contributed by atoms with Crippen molar-refractivity contribution in [3.05, 3.63) is 20.6 Å². The Balaban J connectivity index is 3.25. The number of hydrogen-bond donors (Lipinski definition) is 1. The lowest BCUT2D eigenvalue weighted by atomic mass is 10.1. The van der Waals surface area contributed by atoms with E-state index < -0.39 is 28.5 Å². The fraction of sp³-hybridized carbons (Fsp3) is 0.462. The van der Waals surface area contributed by atoms with Crippen molar-refractivity contribution in [2.45, 2.75) is 27.2 Å². The van der Waals surface area contributed by atoms with Crippen LogP contribution in [0, 0.1) is 10.1 Å². The minimum absolute atomic E-state index is 0.00687. The van der Waals surface area contributed by atoms with Crippen LogP contribution in [0.5, 0.6) is 0 Å². The molecule has 1 heterocycles. The fourth-order valence-corrected chi connectivity index (χ4v) is 2.92. The van der Waals surface area contributed by atoms with Crippen LogP contribution < -0.4 is 5.32 Å². The van der Waals surface area contributed by atoms with Crippen LogP contribution in [0.3, 0.4) is 0 Å². The van der Waals surface area contributed by atoms with Crippen LogP contribution in [0.4, 0.5) is 10.7 Å². The first kappa shape index (κ1) is 18.6. The summed E-state index contributed by atoms with van der Waals surface area (Å²) in [5.41, 5.74) is -0.268. The summed E-state index contributed by atoms with van der Waals surface area (Å²) in [7, 11) is 0. The van der Waals surface area contributed by atoms with Gasteiger partial charge in [-0.25, -0.2) is 9.59 Å². The second-order valence-corrected chi connectivity index (χ2v) is 5.11. The van der Waals surface area contributed by atoms with Gasteiger partial charge in [0.25, 0.3) is 0 Å². The van der Waals surface area contributed by atoms with Gasteiger partial charge in [0.2, 0.25) is 0 Å². The fourth-order valence-electron chi connectivity index (χ4n) is 1.77. The van der Waals surface area contributed by atoms with Crippen LogP contribution in [0.2, 0.25) is 0 Å². The molecule has 0 saturated heterocycles. The number of anilines is 1. The normalized spacial score (nSPS) is 10.0. The molecule has 0 aromatic carbocycles. The van der Waals surface area contributed by atoms with Crippen LogP contribution in [0.25, 0.3) is 0 Å². The van der Waals surface area contributed by atoms with Gasteiger partial charge in [0.1, 0.15) is 4.88 Å². The molecule has 1 amide bonds. The maximum Gasteiger partial charge on any atom is 0.397 e. The molecule has 0 saturated carbocycles. The molecule has 0 bridgehead atoms. The van der Waals surface area contributed by atoms with Crippen LogP contribution >= 0.6 is 11.3 Å². The smallest absolute Gasteiger partial charge is 0.397 e. The van der Waals surface area contributed by atoms with E-state index in [0.29, 0.717) is 11.3 Å². The summed E-state index contributed by atoms with van der Waals surface area (Å²) in [6, 6.07) is 0. The van der Waals surface area contributed by atoms with E-state index in [1.807, 2.05) is 0 Å². The van der Waals surface area contributed by atoms with Gasteiger partial charge in [-0.1, -0.05) is 6.92 Å². The predicted molar refractivity (Wildman–Crippen MR) is 81.6 cm³/mol. The van der Waals surface area contributed by atoms with Gasteiger partial charge in [0.15, 0.2) is 5.00 Å². The second-order valence-electron chi connectivity index (χ2n) is 4.09. The summed E-state index contributed by atoms with van der Waals surface area (Å²) in [6.45, 7) is 4.86. The number of hydrogen-bond acceptors (Lipinski definition) is 8. The van der Waals surface area contributed by atoms with Gasteiger partial charge < -0.3 is 14.8 Å². The van der Waals surface area contributed by atoms with Gasteiger partial charge in [0.05, 0.1) is 23.7 Å². The van der Waals surface area contributed by atoms with Crippen molar-refractivity contribution in [2.75, 3.05) is 18.5 Å². The molecule has 0 radical (unpaired) electrons. The molecule has 0 atom stereocenters. The molecule has 0 fully saturated rings. The van der Waals surface area contributed by atoms with Crippen LogP contribution in [-0.2, 0) is 25.5 Å². The number of ether oxygens (including phenoxy) is 2. The minimum atomic E-state index is -1.16. The highest BCUT2D eigenvalue weighted by Crippen LogP contribution is 2.40. The Morgan fingerprint density at radius 2 is 1.78 bits per heavy atom. The number of nitrogens with one attached hydrogen (secondary N) is 1. The van der Waals surface area contributed by atoms with Crippen molar-refractivity contribution in [3.63, 3.8) is 0 Å². The summed E-state index contributed by atoms with van der Waals surface area (Å²) in [4.78, 5) is 45.5. The van der Waals surface area contributed by atoms with E-state index in [4.69, 9.17) is 4.74 Å². The van der Waals surface area contributed by atoms with E-state index in [9.17, 15) is 24.5 Å². The zero-order valence-corrected chi connectivity index (χ0v) is 13.7. The molecule has 0 aliphatic carbocycles. The van der Waals surface area contributed by atoms with Crippen LogP contribution in [0.1, 0.15) is 36.0 Å². The summed E-state index contributed by atoms with van der Waals surface area (Å²) in [5.74, 6) is -3.02. The van der Waals surface area contributed by atoms with E-state index in [2.05, 4.69) is 10.1 Å². The molecule has 1 aromatic heterocycles. The van der Waals surface area contributed by atoms with E-state index in [0.717, 1.165) is 0 Å². The number of amides is 1. The lowest BCUT2D eigenvalue weighted by Gasteiger charge is -2.02. The Bertz CT molecular complexity index is 639. The first-order chi connectivity index (χ1) is 10.9. The largest absolute Gasteiger partial charge is 0.462 e. The molecule has 0 aliphatic heterocycles. The summed E-state index contributed by atoms with van der Waals surface area (Å²) in [5, 5.41) is 13.2. The maximum absolute atomic E-state index is 11.9. The summed E-state index contributed by atoms with van der Waals surface area (Å²) < 4.78 is 9.37. The van der Waals surface area contributed by atoms with Crippen molar-refractivity contribution in [1.29, 1.82) is 0 Å². The molecular formula is C13H16N2O7S. The van der Waals surface area contributed by atoms with Crippen molar-refractivity contribution in [1.82, 2.24) is 0 Å². The highest BCUT2D eigenvalue weighted by atomic mass is 32.1. The number of esters is 2. The molecule has 1 rings (SSSR count). The molecule has 1 N–H and O–H groups in total. The van der Waals surface area contributed by atoms with Crippen molar-refractivity contribution in [3.8, 4) is 0 Å². The topological polar surface area (TPSA) is 125 Å². The van der Waals surface area contributed by atoms with E-state index in [-0.39, 0.29) is 35.1 Å². The summed E-state index contributed by atoms with van der Waals surface area (Å²) >= 11 is 0.695. The third-order valence-corrected chi connectivity index (χ3v) is 3.78. The Morgan fingerprint density at radius 1 is 1.17 bits per heavy atom. The van der Waals surface area contributed by atoms with Crippen molar-refractivity contribution in [2.24, 2.45) is 0 Å². The van der Waals surface area contributed by atoms with Gasteiger partial charge in [-0.3, -0.25) is 14.9 Å². The highest BCUT2D eigenvalue weighted by Gasteiger charge is 2.32. The molecule has 23 heavy (non-hydrogen) atoms. The molecule has 0 spiro atoms. The third-order valence-electron chi connectivity index (χ3n) is 2.66. The molecule has 1 aromatic rings. The minimum Gasteiger partial charge on any atom is -0.462 e. The lowest BCUT2D eigenvalue weighted by Crippen LogP contribution is -2.24. The van der Waals surface area contributed by atoms with Gasteiger partial charge in [0, 0.05) is 0 Å². The lowest BCUT2D eigenvalue weighted by molar-refractivity contribution is -0.384. The van der Waals surface area contributed by atoms with E-state index in [1.165, 1.54) is 6.92 Å². The van der Waals surface area contributed by atoms with Crippen molar-refractivity contribution >= 4 is 39.9 Å². The Morgan fingerprint density at radius 3 is 2.26 bits per heavy atom. The van der Waals surface area contributed by atoms with Gasteiger partial charge in [-0.2, -0.15) is 0 Å². The third kappa shape index (κ3) is 4.25. The van der Waals surface area contributed by atoms with Crippen LogP contribution in [-0.4, -0.2) is 36.0 Å². The number of rotatable bonds is 6. The second kappa shape index (κ2) is 8.22. The Kier molecular flexibility index (Phi) is 6.64. The number of nitro groups is 1. The number of carbonyl (C=O) groups excluding carboxylic acids is 3. The number of nitrogens with zero attached hydrogens (tertiary/aromatic N) is 1. The monoisotopic (exact) mass is 344 g/mol. The van der Waals surface area contributed by atoms with Gasteiger partial charge in [-0.05, 0) is 20.3 Å². The quantitative estimate of drug-likeness (QED) is 0.361. The molecule has 0 aliphatic rings. The van der Waals surface area contributed by atoms with Gasteiger partial charge >= 0.3 is 23.5 Å². The zero-order chi connectivity index (χ0) is 17.6. The molecular weight excluding hydrogens is 328 g/mol. The summed E-state index contributed by atoms with van der Waals surface area (Å²) in [6.07, 6.45) is 0.191. The average Bonchev–Trinajstić information content (AvgIpc) is 2.86. The van der Waals surface area contributed by atoms with Crippen molar-refractivity contribution < 1.29 is 28.8 Å². The maximum atomic E-state index is 11.9. The predicted octanol–water partition coefficient (Wildman–Crippen LogP) is 1.90.